The van der Waals surface area contributed by atoms with Crippen LogP contribution in [0.25, 0.3) is 6.08 Å². The molecule has 2 aromatic rings. The predicted molar refractivity (Wildman–Crippen MR) is 114 cm³/mol. The number of hydrazine groups is 1. The minimum Gasteiger partial charge on any atom is -0.378 e. The van der Waals surface area contributed by atoms with E-state index in [9.17, 15) is 18.0 Å². The summed E-state index contributed by atoms with van der Waals surface area (Å²) in [4.78, 5) is 18.6. The standard InChI is InChI=1S/C18H14ClF3N4OS2/c1-25(2)12-5-3-10(4-6-12)7-14-16(27)26(17(28)29-14)24-15-13(19)8-11(9-23-15)18(20,21)22/h3-9H,1-2H3,(H,23,24)/b14-7+. The number of aromatic nitrogens is 1. The van der Waals surface area contributed by atoms with Gasteiger partial charge in [-0.1, -0.05) is 35.5 Å². The molecule has 0 spiro atoms. The van der Waals surface area contributed by atoms with E-state index in [1.165, 1.54) is 0 Å². The second-order valence-corrected chi connectivity index (χ2v) is 8.25. The van der Waals surface area contributed by atoms with Crippen molar-refractivity contribution >= 4 is 63.4 Å². The number of pyridine rings is 1. The summed E-state index contributed by atoms with van der Waals surface area (Å²) in [5.41, 5.74) is 3.42. The molecule has 1 aromatic carbocycles. The molecule has 29 heavy (non-hydrogen) atoms. The molecule has 1 aromatic heterocycles. The second-order valence-electron chi connectivity index (χ2n) is 6.17. The molecule has 152 valence electrons. The molecule has 3 rings (SSSR count). The Kier molecular flexibility index (Phi) is 6.06. The first-order valence-electron chi connectivity index (χ1n) is 8.11. The fourth-order valence-electron chi connectivity index (χ4n) is 2.37. The molecule has 1 N–H and O–H groups in total. The fourth-order valence-corrected chi connectivity index (χ4v) is 3.75. The third-order valence-corrected chi connectivity index (χ3v) is 5.48. The number of rotatable bonds is 4. The van der Waals surface area contributed by atoms with Gasteiger partial charge in [-0.15, -0.1) is 0 Å². The van der Waals surface area contributed by atoms with E-state index in [0.717, 1.165) is 34.1 Å². The lowest BCUT2D eigenvalue weighted by Gasteiger charge is -2.17. The van der Waals surface area contributed by atoms with Crippen molar-refractivity contribution in [3.8, 4) is 0 Å². The van der Waals surface area contributed by atoms with Gasteiger partial charge in [0.05, 0.1) is 15.5 Å². The van der Waals surface area contributed by atoms with Gasteiger partial charge in [-0.25, -0.2) is 4.98 Å². The lowest BCUT2D eigenvalue weighted by molar-refractivity contribution is -0.137. The van der Waals surface area contributed by atoms with Crippen LogP contribution in [0.3, 0.4) is 0 Å². The molecule has 11 heteroatoms. The molecular weight excluding hydrogens is 445 g/mol. The largest absolute Gasteiger partial charge is 0.417 e. The third-order valence-electron chi connectivity index (χ3n) is 3.89. The number of amides is 1. The summed E-state index contributed by atoms with van der Waals surface area (Å²) < 4.78 is 38.4. The topological polar surface area (TPSA) is 48.5 Å². The highest BCUT2D eigenvalue weighted by Gasteiger charge is 2.34. The van der Waals surface area contributed by atoms with Gasteiger partial charge >= 0.3 is 6.18 Å². The maximum atomic E-state index is 12.7. The van der Waals surface area contributed by atoms with Crippen molar-refractivity contribution in [3.05, 3.63) is 57.6 Å². The summed E-state index contributed by atoms with van der Waals surface area (Å²) in [6.45, 7) is 0. The molecule has 1 aliphatic heterocycles. The molecule has 1 saturated heterocycles. The van der Waals surface area contributed by atoms with Crippen LogP contribution in [0.4, 0.5) is 24.7 Å². The number of hydrogen-bond donors (Lipinski definition) is 1. The summed E-state index contributed by atoms with van der Waals surface area (Å²) in [6.07, 6.45) is -2.25. The number of nitrogens with one attached hydrogen (secondary N) is 1. The number of anilines is 2. The van der Waals surface area contributed by atoms with Crippen LogP contribution in [0.2, 0.25) is 5.02 Å². The molecule has 1 fully saturated rings. The first kappa shape index (κ1) is 21.4. The number of thiocarbonyl (C=S) groups is 1. The predicted octanol–water partition coefficient (Wildman–Crippen LogP) is 5.05. The number of carbonyl (C=O) groups excluding carboxylic acids is 1. The van der Waals surface area contributed by atoms with Crippen molar-refractivity contribution in [1.29, 1.82) is 0 Å². The second kappa shape index (κ2) is 8.21. The smallest absolute Gasteiger partial charge is 0.378 e. The highest BCUT2D eigenvalue weighted by atomic mass is 35.5. The van der Waals surface area contributed by atoms with Crippen molar-refractivity contribution in [2.24, 2.45) is 0 Å². The van der Waals surface area contributed by atoms with Gasteiger partial charge in [0.2, 0.25) is 0 Å². The van der Waals surface area contributed by atoms with Gasteiger partial charge in [-0.3, -0.25) is 10.2 Å². The minimum absolute atomic E-state index is 0.104. The van der Waals surface area contributed by atoms with Gasteiger partial charge in [0.25, 0.3) is 5.91 Å². The molecule has 1 amide bonds. The zero-order valence-electron chi connectivity index (χ0n) is 15.1. The summed E-state index contributed by atoms with van der Waals surface area (Å²) in [7, 11) is 3.85. The fraction of sp³-hybridized carbons (Fsp3) is 0.167. The normalized spacial score (nSPS) is 15.9. The van der Waals surface area contributed by atoms with E-state index < -0.39 is 17.6 Å². The number of carbonyl (C=O) groups is 1. The average molecular weight is 459 g/mol. The molecule has 5 nitrogen and oxygen atoms in total. The van der Waals surface area contributed by atoms with Crippen LogP contribution in [0.15, 0.2) is 41.4 Å². The molecule has 0 radical (unpaired) electrons. The van der Waals surface area contributed by atoms with Crippen molar-refractivity contribution in [2.75, 3.05) is 24.4 Å². The van der Waals surface area contributed by atoms with Crippen LogP contribution in [-0.2, 0) is 11.0 Å². The summed E-state index contributed by atoms with van der Waals surface area (Å²) in [6, 6.07) is 8.29. The Morgan fingerprint density at radius 3 is 2.48 bits per heavy atom. The Morgan fingerprint density at radius 2 is 1.93 bits per heavy atom. The van der Waals surface area contributed by atoms with E-state index in [4.69, 9.17) is 23.8 Å². The van der Waals surface area contributed by atoms with Gasteiger partial charge < -0.3 is 4.90 Å². The Bertz CT molecular complexity index is 994. The number of benzene rings is 1. The third kappa shape index (κ3) is 4.82. The number of hydrogen-bond acceptors (Lipinski definition) is 6. The van der Waals surface area contributed by atoms with Crippen molar-refractivity contribution in [2.45, 2.75) is 6.18 Å². The van der Waals surface area contributed by atoms with Gasteiger partial charge in [0.1, 0.15) is 0 Å². The molecule has 0 atom stereocenters. The summed E-state index contributed by atoms with van der Waals surface area (Å²) in [5.74, 6) is -0.554. The summed E-state index contributed by atoms with van der Waals surface area (Å²) >= 11 is 12.1. The molecular formula is C18H14ClF3N4OS2. The zero-order valence-corrected chi connectivity index (χ0v) is 17.5. The van der Waals surface area contributed by atoms with Crippen LogP contribution in [0.5, 0.6) is 0 Å². The van der Waals surface area contributed by atoms with Crippen LogP contribution < -0.4 is 10.3 Å². The maximum absolute atomic E-state index is 12.7. The van der Waals surface area contributed by atoms with E-state index >= 15 is 0 Å². The number of halogens is 4. The van der Waals surface area contributed by atoms with Crippen LogP contribution in [0, 0.1) is 0 Å². The van der Waals surface area contributed by atoms with E-state index in [1.807, 2.05) is 43.3 Å². The first-order valence-corrected chi connectivity index (χ1v) is 9.71. The lowest BCUT2D eigenvalue weighted by Crippen LogP contribution is -2.34. The first-order chi connectivity index (χ1) is 13.6. The van der Waals surface area contributed by atoms with E-state index in [-0.39, 0.29) is 15.2 Å². The minimum atomic E-state index is -4.57. The van der Waals surface area contributed by atoms with E-state index in [1.54, 1.807) is 6.08 Å². The van der Waals surface area contributed by atoms with Crippen LogP contribution in [0.1, 0.15) is 11.1 Å². The van der Waals surface area contributed by atoms with E-state index in [0.29, 0.717) is 11.1 Å². The molecule has 0 saturated carbocycles. The van der Waals surface area contributed by atoms with Crippen molar-refractivity contribution < 1.29 is 18.0 Å². The van der Waals surface area contributed by atoms with Gasteiger partial charge in [0.15, 0.2) is 10.1 Å². The van der Waals surface area contributed by atoms with Gasteiger partial charge in [-0.05, 0) is 42.1 Å². The highest BCUT2D eigenvalue weighted by molar-refractivity contribution is 8.26. The number of alkyl halides is 3. The van der Waals surface area contributed by atoms with E-state index in [2.05, 4.69) is 10.4 Å². The highest BCUT2D eigenvalue weighted by Crippen LogP contribution is 2.35. The van der Waals surface area contributed by atoms with Gasteiger partial charge in [-0.2, -0.15) is 18.2 Å². The Morgan fingerprint density at radius 1 is 1.28 bits per heavy atom. The Labute approximate surface area is 179 Å². The molecule has 0 bridgehead atoms. The maximum Gasteiger partial charge on any atom is 0.417 e. The lowest BCUT2D eigenvalue weighted by atomic mass is 10.2. The van der Waals surface area contributed by atoms with Crippen LogP contribution in [-0.4, -0.2) is 34.3 Å². The zero-order chi connectivity index (χ0) is 21.3. The Hall–Kier alpha value is -2.30. The monoisotopic (exact) mass is 458 g/mol. The SMILES string of the molecule is CN(C)c1ccc(/C=C2/SC(=S)N(Nc3ncc(C(F)(F)F)cc3Cl)C2=O)cc1. The number of nitrogens with zero attached hydrogens (tertiary/aromatic N) is 3. The molecule has 1 aliphatic rings. The quantitative estimate of drug-likeness (QED) is 0.511. The molecule has 0 aliphatic carbocycles. The number of thioether (sulfide) groups is 1. The molecule has 0 unspecified atom stereocenters. The summed E-state index contributed by atoms with van der Waals surface area (Å²) in [5, 5.41) is 0.749. The van der Waals surface area contributed by atoms with Crippen molar-refractivity contribution in [3.63, 3.8) is 0 Å². The van der Waals surface area contributed by atoms with Gasteiger partial charge in [0, 0.05) is 26.0 Å². The average Bonchev–Trinajstić information content (AvgIpc) is 2.90. The molecule has 2 heterocycles. The van der Waals surface area contributed by atoms with Crippen LogP contribution >= 0.6 is 35.6 Å². The van der Waals surface area contributed by atoms with Crippen molar-refractivity contribution in [1.82, 2.24) is 9.99 Å². The Balaban J connectivity index is 1.79.